The Hall–Kier alpha value is -1.89. The van der Waals surface area contributed by atoms with Crippen LogP contribution in [0, 0.1) is 5.92 Å². The summed E-state index contributed by atoms with van der Waals surface area (Å²) in [7, 11) is 3.21. The first-order valence-corrected chi connectivity index (χ1v) is 8.54. The fourth-order valence-electron chi connectivity index (χ4n) is 3.34. The molecular weight excluding hydrogens is 342 g/mol. The zero-order valence-electron chi connectivity index (χ0n) is 14.4. The highest BCUT2D eigenvalue weighted by Crippen LogP contribution is 2.36. The number of β-amino-alcohol motifs (C(OH)–C–C–N with tert-alkyl or cyclic N) is 1. The number of aromatic nitrogens is 2. The molecule has 1 aromatic heterocycles. The molecular formula is C18H22ClN3O3. The molecule has 134 valence electrons. The predicted octanol–water partition coefficient (Wildman–Crippen LogP) is 2.18. The summed E-state index contributed by atoms with van der Waals surface area (Å²) in [6, 6.07) is 3.62. The van der Waals surface area contributed by atoms with Crippen LogP contribution >= 0.6 is 11.6 Å². The van der Waals surface area contributed by atoms with E-state index in [1.54, 1.807) is 38.9 Å². The lowest BCUT2D eigenvalue weighted by atomic mass is 10.0. The maximum Gasteiger partial charge on any atom is 0.165 e. The largest absolute Gasteiger partial charge is 0.493 e. The van der Waals surface area contributed by atoms with Gasteiger partial charge in [-0.2, -0.15) is 0 Å². The Labute approximate surface area is 152 Å². The fourth-order valence-corrected chi connectivity index (χ4v) is 3.57. The van der Waals surface area contributed by atoms with E-state index in [1.807, 2.05) is 6.07 Å². The number of rotatable bonds is 6. The zero-order valence-corrected chi connectivity index (χ0v) is 15.1. The summed E-state index contributed by atoms with van der Waals surface area (Å²) in [4.78, 5) is 10.6. The van der Waals surface area contributed by atoms with Crippen molar-refractivity contribution in [1.29, 1.82) is 0 Å². The first-order chi connectivity index (χ1) is 12.1. The lowest BCUT2D eigenvalue weighted by molar-refractivity contribution is 0.140. The van der Waals surface area contributed by atoms with Crippen LogP contribution in [-0.4, -0.2) is 53.4 Å². The minimum Gasteiger partial charge on any atom is -0.493 e. The van der Waals surface area contributed by atoms with Gasteiger partial charge in [-0.25, -0.2) is 0 Å². The summed E-state index contributed by atoms with van der Waals surface area (Å²) >= 11 is 6.19. The number of likely N-dealkylation sites (tertiary alicyclic amines) is 1. The SMILES string of the molecule is COc1cc(Cl)cc(CN2C[C@@H](Cc3cnccn3)[C@H](O)C2)c1OC. The normalized spacial score (nSPS) is 20.6. The minimum atomic E-state index is -0.394. The molecule has 1 N–H and O–H groups in total. The quantitative estimate of drug-likeness (QED) is 0.848. The lowest BCUT2D eigenvalue weighted by Crippen LogP contribution is -2.21. The van der Waals surface area contributed by atoms with Gasteiger partial charge in [0.05, 0.1) is 26.0 Å². The number of benzene rings is 1. The van der Waals surface area contributed by atoms with Gasteiger partial charge >= 0.3 is 0 Å². The molecule has 0 bridgehead atoms. The molecule has 1 fully saturated rings. The summed E-state index contributed by atoms with van der Waals surface area (Å²) < 4.78 is 10.8. The van der Waals surface area contributed by atoms with E-state index in [9.17, 15) is 5.11 Å². The van der Waals surface area contributed by atoms with Gasteiger partial charge in [0, 0.05) is 60.8 Å². The molecule has 1 aliphatic heterocycles. The third-order valence-corrected chi connectivity index (χ3v) is 4.70. The van der Waals surface area contributed by atoms with Crippen molar-refractivity contribution in [3.05, 3.63) is 47.0 Å². The van der Waals surface area contributed by atoms with E-state index >= 15 is 0 Å². The first-order valence-electron chi connectivity index (χ1n) is 8.16. The van der Waals surface area contributed by atoms with Crippen molar-refractivity contribution < 1.29 is 14.6 Å². The topological polar surface area (TPSA) is 67.7 Å². The Bertz CT molecular complexity index is 714. The van der Waals surface area contributed by atoms with Crippen LogP contribution in [0.25, 0.3) is 0 Å². The van der Waals surface area contributed by atoms with Crippen LogP contribution in [0.5, 0.6) is 11.5 Å². The highest BCUT2D eigenvalue weighted by molar-refractivity contribution is 6.30. The molecule has 2 aromatic rings. The molecule has 2 atom stereocenters. The highest BCUT2D eigenvalue weighted by Gasteiger charge is 2.32. The monoisotopic (exact) mass is 363 g/mol. The number of methoxy groups -OCH3 is 2. The second-order valence-corrected chi connectivity index (χ2v) is 6.66. The Balaban J connectivity index is 1.71. The van der Waals surface area contributed by atoms with Gasteiger partial charge in [0.1, 0.15) is 0 Å². The average molecular weight is 364 g/mol. The van der Waals surface area contributed by atoms with Gasteiger partial charge in [-0.05, 0) is 12.5 Å². The third kappa shape index (κ3) is 4.21. The number of halogens is 1. The molecule has 0 radical (unpaired) electrons. The molecule has 1 saturated heterocycles. The van der Waals surface area contributed by atoms with Gasteiger partial charge in [-0.15, -0.1) is 0 Å². The predicted molar refractivity (Wildman–Crippen MR) is 95.1 cm³/mol. The number of hydrogen-bond donors (Lipinski definition) is 1. The standard InChI is InChI=1S/C18H22ClN3O3/c1-24-17-7-14(19)5-13(18(17)25-2)10-22-9-12(16(23)11-22)6-15-8-20-3-4-21-15/h3-5,7-8,12,16,23H,6,9-11H2,1-2H3/t12-,16-/m1/s1. The van der Waals surface area contributed by atoms with Crippen molar-refractivity contribution in [3.63, 3.8) is 0 Å². The van der Waals surface area contributed by atoms with Crippen molar-refractivity contribution in [2.24, 2.45) is 5.92 Å². The Morgan fingerprint density at radius 1 is 1.24 bits per heavy atom. The van der Waals surface area contributed by atoms with Crippen molar-refractivity contribution in [1.82, 2.24) is 14.9 Å². The average Bonchev–Trinajstić information content (AvgIpc) is 2.94. The molecule has 1 aliphatic rings. The number of nitrogens with zero attached hydrogens (tertiary/aromatic N) is 3. The molecule has 6 nitrogen and oxygen atoms in total. The molecule has 0 amide bonds. The maximum atomic E-state index is 10.4. The van der Waals surface area contributed by atoms with Gasteiger partial charge in [0.15, 0.2) is 11.5 Å². The van der Waals surface area contributed by atoms with Crippen LogP contribution in [0.3, 0.4) is 0 Å². The molecule has 7 heteroatoms. The lowest BCUT2D eigenvalue weighted by Gasteiger charge is -2.19. The van der Waals surface area contributed by atoms with E-state index in [4.69, 9.17) is 21.1 Å². The summed E-state index contributed by atoms with van der Waals surface area (Å²) in [5.41, 5.74) is 1.84. The van der Waals surface area contributed by atoms with Crippen LogP contribution < -0.4 is 9.47 Å². The third-order valence-electron chi connectivity index (χ3n) is 4.48. The molecule has 3 rings (SSSR count). The van der Waals surface area contributed by atoms with E-state index in [0.29, 0.717) is 36.0 Å². The molecule has 0 aliphatic carbocycles. The van der Waals surface area contributed by atoms with Crippen molar-refractivity contribution >= 4 is 11.6 Å². The highest BCUT2D eigenvalue weighted by atomic mass is 35.5. The number of aliphatic hydroxyl groups is 1. The van der Waals surface area contributed by atoms with Gasteiger partial charge in [0.25, 0.3) is 0 Å². The van der Waals surface area contributed by atoms with Crippen LogP contribution in [-0.2, 0) is 13.0 Å². The Kier molecular flexibility index (Phi) is 5.73. The smallest absolute Gasteiger partial charge is 0.165 e. The molecule has 25 heavy (non-hydrogen) atoms. The van der Waals surface area contributed by atoms with E-state index in [2.05, 4.69) is 14.9 Å². The number of aliphatic hydroxyl groups excluding tert-OH is 1. The summed E-state index contributed by atoms with van der Waals surface area (Å²) in [6.07, 6.45) is 5.40. The first kappa shape index (κ1) is 17.9. The molecule has 0 unspecified atom stereocenters. The molecule has 0 spiro atoms. The van der Waals surface area contributed by atoms with Crippen LogP contribution in [0.15, 0.2) is 30.7 Å². The molecule has 1 aromatic carbocycles. The van der Waals surface area contributed by atoms with Gasteiger partial charge in [-0.1, -0.05) is 11.6 Å². The minimum absolute atomic E-state index is 0.128. The Morgan fingerprint density at radius 2 is 2.08 bits per heavy atom. The van der Waals surface area contributed by atoms with E-state index < -0.39 is 6.10 Å². The van der Waals surface area contributed by atoms with Crippen LogP contribution in [0.4, 0.5) is 0 Å². The van der Waals surface area contributed by atoms with E-state index in [-0.39, 0.29) is 5.92 Å². The zero-order chi connectivity index (χ0) is 17.8. The summed E-state index contributed by atoms with van der Waals surface area (Å²) in [6.45, 7) is 2.01. The van der Waals surface area contributed by atoms with Gasteiger partial charge in [0.2, 0.25) is 0 Å². The van der Waals surface area contributed by atoms with Gasteiger partial charge < -0.3 is 14.6 Å². The van der Waals surface area contributed by atoms with Crippen molar-refractivity contribution in [2.45, 2.75) is 19.1 Å². The second-order valence-electron chi connectivity index (χ2n) is 6.22. The maximum absolute atomic E-state index is 10.4. The molecule has 0 saturated carbocycles. The fraction of sp³-hybridized carbons (Fsp3) is 0.444. The van der Waals surface area contributed by atoms with E-state index in [0.717, 1.165) is 17.8 Å². The molecule has 2 heterocycles. The van der Waals surface area contributed by atoms with Gasteiger partial charge in [-0.3, -0.25) is 14.9 Å². The number of hydrogen-bond acceptors (Lipinski definition) is 6. The van der Waals surface area contributed by atoms with Crippen LogP contribution in [0.1, 0.15) is 11.3 Å². The van der Waals surface area contributed by atoms with E-state index in [1.165, 1.54) is 0 Å². The number of ether oxygens (including phenoxy) is 2. The van der Waals surface area contributed by atoms with Crippen molar-refractivity contribution in [2.75, 3.05) is 27.3 Å². The second kappa shape index (κ2) is 7.99. The van der Waals surface area contributed by atoms with Crippen molar-refractivity contribution in [3.8, 4) is 11.5 Å². The Morgan fingerprint density at radius 3 is 2.76 bits per heavy atom. The summed E-state index contributed by atoms with van der Waals surface area (Å²) in [5, 5.41) is 11.0. The van der Waals surface area contributed by atoms with Crippen LogP contribution in [0.2, 0.25) is 5.02 Å². The summed E-state index contributed by atoms with van der Waals surface area (Å²) in [5.74, 6) is 1.42.